The number of aliphatic hydroxyl groups is 2. The van der Waals surface area contributed by atoms with Gasteiger partial charge in [0.1, 0.15) is 39.6 Å². The summed E-state index contributed by atoms with van der Waals surface area (Å²) in [5.74, 6) is 0.712. The first-order valence-electron chi connectivity index (χ1n) is 20.5. The van der Waals surface area contributed by atoms with Gasteiger partial charge in [-0.2, -0.15) is 9.97 Å². The van der Waals surface area contributed by atoms with E-state index < -0.39 is 23.3 Å². The molecule has 2 aromatic carbocycles. The number of terminal acetylenes is 1. The van der Waals surface area contributed by atoms with Crippen molar-refractivity contribution in [2.45, 2.75) is 88.5 Å². The molecule has 5 heterocycles. The fourth-order valence-electron chi connectivity index (χ4n) is 10.8. The summed E-state index contributed by atoms with van der Waals surface area (Å²) in [7, 11) is 1.38. The van der Waals surface area contributed by atoms with Crippen LogP contribution in [0.2, 0.25) is 0 Å². The van der Waals surface area contributed by atoms with Crippen LogP contribution in [0.25, 0.3) is 32.9 Å². The second kappa shape index (κ2) is 15.0. The number of phenolic OH excluding ortho intramolecular Hbond substituents is 1. The van der Waals surface area contributed by atoms with E-state index in [-0.39, 0.29) is 88.3 Å². The van der Waals surface area contributed by atoms with Crippen LogP contribution in [0.3, 0.4) is 0 Å². The third-order valence-electron chi connectivity index (χ3n) is 13.6. The zero-order valence-electron chi connectivity index (χ0n) is 33.1. The molecular formula is C44H51F2N5O7. The number of hydrogen-bond acceptors (Lipinski definition) is 12. The Morgan fingerprint density at radius 2 is 1.84 bits per heavy atom. The van der Waals surface area contributed by atoms with Gasteiger partial charge in [-0.3, -0.25) is 4.90 Å². The van der Waals surface area contributed by atoms with Crippen LogP contribution in [-0.4, -0.2) is 119 Å². The van der Waals surface area contributed by atoms with Gasteiger partial charge in [0.2, 0.25) is 5.88 Å². The number of benzene rings is 2. The smallest absolute Gasteiger partial charge is 0.319 e. The standard InChI is InChI=1S/C44H51F2N5O7/c1-4-30-32(45)9-8-26-17-28(53)18-31(34(26)30)37-36(46)38-35(40(47-37)55-3)39(50-21-29(22-52)57-24-42(2,54)23-50)49-41(48-38)58-25-44-10-5-7-33(44)51(14-6-11-44)27-19-43(20-27)12-15-56-16-13-43/h1,8-9,17-18,27,29,33,52-54H,5-7,10-16,19-25H2,2-3H3/t29-,33-,42+,44-/m1/s1. The summed E-state index contributed by atoms with van der Waals surface area (Å²) in [6, 6.07) is 6.19. The minimum atomic E-state index is -1.37. The SMILES string of the molecule is C#Cc1c(F)ccc2cc(O)cc(-c3nc(OC)c4c(N5C[C@H](CO)OC[C@@](C)(O)C5)nc(OC[C@]56CCC[C@H]5N(C5CC7(CCOCC7)C5)CCC6)nc4c3F)c12. The van der Waals surface area contributed by atoms with E-state index in [0.717, 1.165) is 64.7 Å². The lowest BCUT2D eigenvalue weighted by Gasteiger charge is -2.58. The average molecular weight is 800 g/mol. The number of hydrogen-bond donors (Lipinski definition) is 3. The highest BCUT2D eigenvalue weighted by Gasteiger charge is 2.55. The van der Waals surface area contributed by atoms with Gasteiger partial charge in [-0.1, -0.05) is 18.4 Å². The number of likely N-dealkylation sites (tertiary alicyclic amines) is 1. The number of rotatable bonds is 8. The van der Waals surface area contributed by atoms with Crippen LogP contribution >= 0.6 is 0 Å². The Hall–Kier alpha value is -4.39. The number of ether oxygens (including phenoxy) is 4. The highest BCUT2D eigenvalue weighted by molar-refractivity contribution is 6.04. The van der Waals surface area contributed by atoms with Gasteiger partial charge in [-0.15, -0.1) is 6.42 Å². The van der Waals surface area contributed by atoms with E-state index in [9.17, 15) is 15.3 Å². The maximum Gasteiger partial charge on any atom is 0.319 e. The number of halogens is 2. The molecule has 14 heteroatoms. The minimum absolute atomic E-state index is 0.0134. The van der Waals surface area contributed by atoms with E-state index in [1.54, 1.807) is 11.8 Å². The Morgan fingerprint density at radius 1 is 1.05 bits per heavy atom. The van der Waals surface area contributed by atoms with Crippen LogP contribution in [0, 0.1) is 34.8 Å². The molecule has 5 aliphatic rings. The normalized spacial score (nSPS) is 27.6. The van der Waals surface area contributed by atoms with Crippen molar-refractivity contribution in [2.75, 3.05) is 64.7 Å². The number of aromatic hydroxyl groups is 1. The topological polar surface area (TPSA) is 143 Å². The fourth-order valence-corrected chi connectivity index (χ4v) is 10.8. The second-order valence-electron chi connectivity index (χ2n) is 17.6. The van der Waals surface area contributed by atoms with Gasteiger partial charge in [-0.05, 0) is 93.8 Å². The summed E-state index contributed by atoms with van der Waals surface area (Å²) in [6.07, 6.45) is 15.0. The lowest BCUT2D eigenvalue weighted by molar-refractivity contribution is -0.112. The van der Waals surface area contributed by atoms with E-state index in [0.29, 0.717) is 29.5 Å². The Balaban J connectivity index is 1.15. The van der Waals surface area contributed by atoms with Crippen LogP contribution < -0.4 is 14.4 Å². The number of methoxy groups -OCH3 is 1. The molecule has 5 fully saturated rings. The number of aliphatic hydroxyl groups excluding tert-OH is 1. The summed E-state index contributed by atoms with van der Waals surface area (Å²) in [4.78, 5) is 18.7. The van der Waals surface area contributed by atoms with Crippen molar-refractivity contribution in [3.05, 3.63) is 41.5 Å². The van der Waals surface area contributed by atoms with Crippen molar-refractivity contribution in [3.8, 4) is 41.2 Å². The van der Waals surface area contributed by atoms with Crippen molar-refractivity contribution in [3.63, 3.8) is 0 Å². The maximum absolute atomic E-state index is 17.5. The first kappa shape index (κ1) is 39.1. The van der Waals surface area contributed by atoms with Gasteiger partial charge < -0.3 is 39.2 Å². The predicted octanol–water partition coefficient (Wildman–Crippen LogP) is 5.74. The fraction of sp³-hybridized carbons (Fsp3) is 0.568. The van der Waals surface area contributed by atoms with Crippen LogP contribution in [0.15, 0.2) is 24.3 Å². The third kappa shape index (κ3) is 6.78. The summed E-state index contributed by atoms with van der Waals surface area (Å²) in [5, 5.41) is 33.0. The molecule has 0 amide bonds. The first-order chi connectivity index (χ1) is 28.0. The van der Waals surface area contributed by atoms with E-state index in [1.165, 1.54) is 44.2 Å². The van der Waals surface area contributed by atoms with Crippen molar-refractivity contribution in [1.29, 1.82) is 0 Å². The van der Waals surface area contributed by atoms with Gasteiger partial charge in [0, 0.05) is 48.2 Å². The van der Waals surface area contributed by atoms with Gasteiger partial charge >= 0.3 is 6.01 Å². The molecule has 308 valence electrons. The number of aromatic nitrogens is 3. The monoisotopic (exact) mass is 799 g/mol. The van der Waals surface area contributed by atoms with Gasteiger partial charge in [0.15, 0.2) is 5.82 Å². The number of phenols is 1. The van der Waals surface area contributed by atoms with Crippen molar-refractivity contribution in [2.24, 2.45) is 10.8 Å². The Labute approximate surface area is 336 Å². The van der Waals surface area contributed by atoms with Gasteiger partial charge in [0.25, 0.3) is 0 Å². The van der Waals surface area contributed by atoms with E-state index in [4.69, 9.17) is 35.3 Å². The number of anilines is 1. The molecule has 4 aromatic rings. The third-order valence-corrected chi connectivity index (χ3v) is 13.6. The average Bonchev–Trinajstić information content (AvgIpc) is 3.58. The quantitative estimate of drug-likeness (QED) is 0.187. The predicted molar refractivity (Wildman–Crippen MR) is 213 cm³/mol. The summed E-state index contributed by atoms with van der Waals surface area (Å²) >= 11 is 0. The van der Waals surface area contributed by atoms with Crippen molar-refractivity contribution in [1.82, 2.24) is 19.9 Å². The highest BCUT2D eigenvalue weighted by atomic mass is 19.1. The Kier molecular flexibility index (Phi) is 10.1. The molecule has 3 N–H and O–H groups in total. The van der Waals surface area contributed by atoms with Crippen LogP contribution in [-0.2, 0) is 9.47 Å². The van der Waals surface area contributed by atoms with Crippen LogP contribution in [0.5, 0.6) is 17.6 Å². The summed E-state index contributed by atoms with van der Waals surface area (Å²) in [6.45, 7) is 4.45. The van der Waals surface area contributed by atoms with Crippen molar-refractivity contribution >= 4 is 27.5 Å². The molecule has 3 saturated heterocycles. The Bertz CT molecular complexity index is 2270. The molecule has 0 unspecified atom stereocenters. The molecule has 4 atom stereocenters. The molecule has 1 spiro atoms. The summed E-state index contributed by atoms with van der Waals surface area (Å²) < 4.78 is 56.6. The second-order valence-corrected chi connectivity index (χ2v) is 17.6. The molecular weight excluding hydrogens is 749 g/mol. The number of β-amino-alcohol motifs (C(OH)–C–C–N with tert-alkyl or cyclic N) is 1. The molecule has 2 saturated carbocycles. The largest absolute Gasteiger partial charge is 0.508 e. The zero-order valence-corrected chi connectivity index (χ0v) is 33.1. The zero-order chi connectivity index (χ0) is 40.4. The summed E-state index contributed by atoms with van der Waals surface area (Å²) in [5.41, 5.74) is -1.63. The maximum atomic E-state index is 17.5. The molecule has 0 bridgehead atoms. The first-order valence-corrected chi connectivity index (χ1v) is 20.5. The van der Waals surface area contributed by atoms with Crippen molar-refractivity contribution < 1.29 is 43.0 Å². The molecule has 2 aromatic heterocycles. The lowest BCUT2D eigenvalue weighted by atomic mass is 9.60. The number of nitrogens with zero attached hydrogens (tertiary/aromatic N) is 5. The van der Waals surface area contributed by atoms with Gasteiger partial charge in [-0.25, -0.2) is 13.8 Å². The highest BCUT2D eigenvalue weighted by Crippen LogP contribution is 2.56. The van der Waals surface area contributed by atoms with E-state index >= 15 is 8.78 Å². The van der Waals surface area contributed by atoms with Crippen LogP contribution in [0.1, 0.15) is 70.3 Å². The Morgan fingerprint density at radius 3 is 2.60 bits per heavy atom. The molecule has 58 heavy (non-hydrogen) atoms. The molecule has 12 nitrogen and oxygen atoms in total. The number of piperidine rings is 1. The lowest BCUT2D eigenvalue weighted by Crippen LogP contribution is -2.61. The number of pyridine rings is 1. The van der Waals surface area contributed by atoms with Gasteiger partial charge in [0.05, 0.1) is 45.1 Å². The van der Waals surface area contributed by atoms with E-state index in [2.05, 4.69) is 15.8 Å². The molecule has 0 radical (unpaired) electrons. The van der Waals surface area contributed by atoms with E-state index in [1.807, 2.05) is 0 Å². The molecule has 2 aliphatic carbocycles. The number of fused-ring (bicyclic) bond motifs is 3. The minimum Gasteiger partial charge on any atom is -0.508 e. The molecule has 3 aliphatic heterocycles. The molecule has 9 rings (SSSR count). The van der Waals surface area contributed by atoms with Crippen LogP contribution in [0.4, 0.5) is 14.6 Å².